The summed E-state index contributed by atoms with van der Waals surface area (Å²) in [5, 5.41) is 4.04. The zero-order valence-corrected chi connectivity index (χ0v) is 14.2. The Kier molecular flexibility index (Phi) is 4.48. The Bertz CT molecular complexity index is 942. The van der Waals surface area contributed by atoms with Gasteiger partial charge in [-0.05, 0) is 31.0 Å². The SMILES string of the molecule is Cc1nc(-n2cccn2)c(=O)n(CC(C)C)c1-c1c(F)cccc1F. The van der Waals surface area contributed by atoms with Gasteiger partial charge in [0.15, 0.2) is 0 Å². The molecule has 0 N–H and O–H groups in total. The molecule has 0 fully saturated rings. The van der Waals surface area contributed by atoms with Crippen LogP contribution in [0, 0.1) is 24.5 Å². The molecule has 130 valence electrons. The van der Waals surface area contributed by atoms with E-state index in [1.54, 1.807) is 19.2 Å². The number of nitrogens with zero attached hydrogens (tertiary/aromatic N) is 4. The molecule has 0 bridgehead atoms. The fourth-order valence-electron chi connectivity index (χ4n) is 2.80. The first kappa shape index (κ1) is 17.0. The first-order valence-corrected chi connectivity index (χ1v) is 7.96. The molecule has 0 spiro atoms. The summed E-state index contributed by atoms with van der Waals surface area (Å²) in [6, 6.07) is 5.31. The molecule has 0 aliphatic rings. The molecular formula is C18H18F2N4O. The van der Waals surface area contributed by atoms with E-state index in [0.29, 0.717) is 12.2 Å². The van der Waals surface area contributed by atoms with Gasteiger partial charge >= 0.3 is 0 Å². The fourth-order valence-corrected chi connectivity index (χ4v) is 2.80. The molecule has 0 aliphatic heterocycles. The number of hydrogen-bond acceptors (Lipinski definition) is 3. The van der Waals surface area contributed by atoms with Crippen molar-refractivity contribution in [2.24, 2.45) is 5.92 Å². The summed E-state index contributed by atoms with van der Waals surface area (Å²) in [7, 11) is 0. The van der Waals surface area contributed by atoms with E-state index in [0.717, 1.165) is 0 Å². The molecule has 3 rings (SSSR count). The summed E-state index contributed by atoms with van der Waals surface area (Å²) in [4.78, 5) is 17.2. The third-order valence-electron chi connectivity index (χ3n) is 3.79. The normalized spacial score (nSPS) is 11.3. The van der Waals surface area contributed by atoms with Gasteiger partial charge in [0.25, 0.3) is 5.56 Å². The molecule has 25 heavy (non-hydrogen) atoms. The maximum Gasteiger partial charge on any atom is 0.296 e. The lowest BCUT2D eigenvalue weighted by molar-refractivity contribution is 0.504. The molecule has 0 unspecified atom stereocenters. The Labute approximate surface area is 143 Å². The van der Waals surface area contributed by atoms with E-state index in [2.05, 4.69) is 10.1 Å². The number of halogens is 2. The highest BCUT2D eigenvalue weighted by Crippen LogP contribution is 2.28. The van der Waals surface area contributed by atoms with Crippen LogP contribution in [0.25, 0.3) is 17.1 Å². The lowest BCUT2D eigenvalue weighted by atomic mass is 10.1. The second-order valence-corrected chi connectivity index (χ2v) is 6.23. The van der Waals surface area contributed by atoms with Crippen LogP contribution in [0.5, 0.6) is 0 Å². The number of hydrogen-bond donors (Lipinski definition) is 0. The van der Waals surface area contributed by atoms with E-state index in [1.165, 1.54) is 33.6 Å². The number of aryl methyl sites for hydroxylation is 1. The summed E-state index contributed by atoms with van der Waals surface area (Å²) in [5.74, 6) is -1.26. The predicted octanol–water partition coefficient (Wildman–Crippen LogP) is 3.34. The van der Waals surface area contributed by atoms with Gasteiger partial charge in [0, 0.05) is 18.9 Å². The van der Waals surface area contributed by atoms with Crippen molar-refractivity contribution in [3.05, 3.63) is 64.3 Å². The molecule has 1 aromatic carbocycles. The summed E-state index contributed by atoms with van der Waals surface area (Å²) in [6.45, 7) is 5.79. The fraction of sp³-hybridized carbons (Fsp3) is 0.278. The van der Waals surface area contributed by atoms with Crippen LogP contribution >= 0.6 is 0 Å². The summed E-state index contributed by atoms with van der Waals surface area (Å²) in [5.41, 5.74) is -0.169. The van der Waals surface area contributed by atoms with E-state index < -0.39 is 17.2 Å². The highest BCUT2D eigenvalue weighted by molar-refractivity contribution is 5.64. The van der Waals surface area contributed by atoms with Crippen LogP contribution in [0.1, 0.15) is 19.5 Å². The molecule has 0 saturated heterocycles. The quantitative estimate of drug-likeness (QED) is 0.729. The van der Waals surface area contributed by atoms with Gasteiger partial charge < -0.3 is 4.57 Å². The summed E-state index contributed by atoms with van der Waals surface area (Å²) >= 11 is 0. The number of benzene rings is 1. The highest BCUT2D eigenvalue weighted by Gasteiger charge is 2.22. The van der Waals surface area contributed by atoms with Crippen molar-refractivity contribution >= 4 is 0 Å². The number of rotatable bonds is 4. The Morgan fingerprint density at radius 1 is 1.16 bits per heavy atom. The molecule has 0 aliphatic carbocycles. The average Bonchev–Trinajstić information content (AvgIpc) is 3.06. The van der Waals surface area contributed by atoms with Crippen molar-refractivity contribution in [1.82, 2.24) is 19.3 Å². The Morgan fingerprint density at radius 3 is 2.40 bits per heavy atom. The molecule has 0 radical (unpaired) electrons. The van der Waals surface area contributed by atoms with Crippen LogP contribution in [0.4, 0.5) is 8.78 Å². The highest BCUT2D eigenvalue weighted by atomic mass is 19.1. The third kappa shape index (κ3) is 3.09. The maximum absolute atomic E-state index is 14.3. The monoisotopic (exact) mass is 344 g/mol. The van der Waals surface area contributed by atoms with Gasteiger partial charge in [-0.15, -0.1) is 0 Å². The van der Waals surface area contributed by atoms with Crippen LogP contribution in [0.15, 0.2) is 41.5 Å². The van der Waals surface area contributed by atoms with E-state index in [4.69, 9.17) is 0 Å². The van der Waals surface area contributed by atoms with Crippen LogP contribution in [0.3, 0.4) is 0 Å². The first-order valence-electron chi connectivity index (χ1n) is 7.96. The maximum atomic E-state index is 14.3. The number of aromatic nitrogens is 4. The minimum atomic E-state index is -0.728. The third-order valence-corrected chi connectivity index (χ3v) is 3.79. The van der Waals surface area contributed by atoms with Gasteiger partial charge in [0.2, 0.25) is 5.82 Å². The zero-order valence-electron chi connectivity index (χ0n) is 14.2. The van der Waals surface area contributed by atoms with Crippen LogP contribution in [-0.2, 0) is 6.54 Å². The molecule has 5 nitrogen and oxygen atoms in total. The van der Waals surface area contributed by atoms with Gasteiger partial charge in [-0.2, -0.15) is 5.10 Å². The van der Waals surface area contributed by atoms with E-state index >= 15 is 0 Å². The molecule has 0 amide bonds. The van der Waals surface area contributed by atoms with E-state index in [1.807, 2.05) is 13.8 Å². The van der Waals surface area contributed by atoms with Crippen LogP contribution < -0.4 is 5.56 Å². The Balaban J connectivity index is 2.36. The Hall–Kier alpha value is -2.83. The van der Waals surface area contributed by atoms with Crippen molar-refractivity contribution < 1.29 is 8.78 Å². The van der Waals surface area contributed by atoms with E-state index in [-0.39, 0.29) is 23.0 Å². The average molecular weight is 344 g/mol. The summed E-state index contributed by atoms with van der Waals surface area (Å²) in [6.07, 6.45) is 3.14. The topological polar surface area (TPSA) is 52.7 Å². The smallest absolute Gasteiger partial charge is 0.296 e. The van der Waals surface area contributed by atoms with Gasteiger partial charge in [-0.3, -0.25) is 4.79 Å². The van der Waals surface area contributed by atoms with Crippen molar-refractivity contribution in [3.63, 3.8) is 0 Å². The minimum Gasteiger partial charge on any atom is -0.303 e. The van der Waals surface area contributed by atoms with Crippen molar-refractivity contribution in [3.8, 4) is 17.1 Å². The van der Waals surface area contributed by atoms with Gasteiger partial charge in [0.1, 0.15) is 11.6 Å². The second kappa shape index (κ2) is 6.58. The zero-order chi connectivity index (χ0) is 18.1. The summed E-state index contributed by atoms with van der Waals surface area (Å²) < 4.78 is 31.4. The lowest BCUT2D eigenvalue weighted by Crippen LogP contribution is -2.30. The molecule has 0 atom stereocenters. The lowest BCUT2D eigenvalue weighted by Gasteiger charge is -2.19. The van der Waals surface area contributed by atoms with Crippen LogP contribution in [-0.4, -0.2) is 19.3 Å². The first-order chi connectivity index (χ1) is 11.9. The predicted molar refractivity (Wildman–Crippen MR) is 90.5 cm³/mol. The molecule has 3 aromatic rings. The van der Waals surface area contributed by atoms with Crippen molar-refractivity contribution in [1.29, 1.82) is 0 Å². The second-order valence-electron chi connectivity index (χ2n) is 6.23. The van der Waals surface area contributed by atoms with Crippen molar-refractivity contribution in [2.45, 2.75) is 27.3 Å². The van der Waals surface area contributed by atoms with Gasteiger partial charge in [0.05, 0.1) is 17.0 Å². The van der Waals surface area contributed by atoms with E-state index in [9.17, 15) is 13.6 Å². The Morgan fingerprint density at radius 2 is 1.84 bits per heavy atom. The largest absolute Gasteiger partial charge is 0.303 e. The van der Waals surface area contributed by atoms with Crippen LogP contribution in [0.2, 0.25) is 0 Å². The molecule has 0 saturated carbocycles. The van der Waals surface area contributed by atoms with Gasteiger partial charge in [-0.25, -0.2) is 18.4 Å². The van der Waals surface area contributed by atoms with Crippen molar-refractivity contribution in [2.75, 3.05) is 0 Å². The molecule has 7 heteroatoms. The molecule has 2 aromatic heterocycles. The molecule has 2 heterocycles. The molecular weight excluding hydrogens is 326 g/mol. The minimum absolute atomic E-state index is 0.0959. The standard InChI is InChI=1S/C18H18F2N4O/c1-11(2)10-23-16(15-13(19)6-4-7-14(15)20)12(3)22-17(18(23)25)24-9-5-8-21-24/h4-9,11H,10H2,1-3H3. The van der Waals surface area contributed by atoms with Gasteiger partial charge in [-0.1, -0.05) is 19.9 Å².